The van der Waals surface area contributed by atoms with Crippen LogP contribution in [0, 0.1) is 0 Å². The van der Waals surface area contributed by atoms with Gasteiger partial charge in [-0.3, -0.25) is 0 Å². The second-order valence-corrected chi connectivity index (χ2v) is 10.0. The molecule has 0 atom stereocenters. The highest BCUT2D eigenvalue weighted by atomic mass is 79.9. The molecule has 0 spiro atoms. The van der Waals surface area contributed by atoms with Crippen molar-refractivity contribution in [3.63, 3.8) is 0 Å². The fourth-order valence-corrected chi connectivity index (χ4v) is 4.71. The Morgan fingerprint density at radius 2 is 1.62 bits per heavy atom. The zero-order valence-electron chi connectivity index (χ0n) is 17.2. The summed E-state index contributed by atoms with van der Waals surface area (Å²) in [6.07, 6.45) is 2.30. The molecule has 0 saturated heterocycles. The van der Waals surface area contributed by atoms with E-state index in [1.165, 1.54) is 11.1 Å². The molecule has 0 radical (unpaired) electrons. The minimum absolute atomic E-state index is 0.101. The number of halogens is 1. The van der Waals surface area contributed by atoms with E-state index >= 15 is 0 Å². The lowest BCUT2D eigenvalue weighted by Crippen LogP contribution is -2.33. The van der Waals surface area contributed by atoms with E-state index in [0.717, 1.165) is 28.5 Å². The summed E-state index contributed by atoms with van der Waals surface area (Å²) in [6.45, 7) is 9.19. The highest BCUT2D eigenvalue weighted by Gasteiger charge is 2.37. The summed E-state index contributed by atoms with van der Waals surface area (Å²) in [4.78, 5) is 11.4. The van der Waals surface area contributed by atoms with Gasteiger partial charge in [0.05, 0.1) is 10.0 Å². The van der Waals surface area contributed by atoms with Crippen molar-refractivity contribution in [2.45, 2.75) is 51.4 Å². The Hall–Kier alpha value is -2.33. The molecule has 0 amide bonds. The zero-order valence-corrected chi connectivity index (χ0v) is 18.8. The number of benzene rings is 3. The van der Waals surface area contributed by atoms with E-state index in [1.807, 2.05) is 24.3 Å². The summed E-state index contributed by atoms with van der Waals surface area (Å²) in [6, 6.07) is 15.2. The van der Waals surface area contributed by atoms with Gasteiger partial charge in [-0.05, 0) is 97.9 Å². The number of carboxylic acids is 1. The molecule has 0 unspecified atom stereocenters. The summed E-state index contributed by atoms with van der Waals surface area (Å²) in [5.41, 5.74) is 3.25. The summed E-state index contributed by atoms with van der Waals surface area (Å²) in [7, 11) is 0. The fraction of sp³-hybridized carbons (Fsp3) is 0.320. The first kappa shape index (κ1) is 20.0. The Morgan fingerprint density at radius 1 is 0.966 bits per heavy atom. The molecule has 0 aromatic heterocycles. The van der Waals surface area contributed by atoms with Gasteiger partial charge in [-0.15, -0.1) is 0 Å². The van der Waals surface area contributed by atoms with Crippen molar-refractivity contribution in [2.24, 2.45) is 0 Å². The van der Waals surface area contributed by atoms with E-state index in [0.29, 0.717) is 16.7 Å². The lowest BCUT2D eigenvalue weighted by Gasteiger charge is -2.42. The van der Waals surface area contributed by atoms with E-state index in [2.05, 4.69) is 55.8 Å². The molecule has 4 rings (SSSR count). The zero-order chi connectivity index (χ0) is 21.0. The topological polar surface area (TPSA) is 46.5 Å². The SMILES string of the molecule is CC1(C)CCC(C)(C)c2cc(Oc3ccc4c(C(=O)O)cccc4c3)c(Br)cc21. The van der Waals surface area contributed by atoms with Crippen molar-refractivity contribution in [2.75, 3.05) is 0 Å². The Balaban J connectivity index is 1.76. The van der Waals surface area contributed by atoms with Gasteiger partial charge >= 0.3 is 5.97 Å². The van der Waals surface area contributed by atoms with Crippen LogP contribution in [0.25, 0.3) is 10.8 Å². The largest absolute Gasteiger partial charge is 0.478 e. The molecular weight excluding hydrogens is 428 g/mol. The number of rotatable bonds is 3. The van der Waals surface area contributed by atoms with Crippen LogP contribution in [-0.4, -0.2) is 11.1 Å². The monoisotopic (exact) mass is 452 g/mol. The summed E-state index contributed by atoms with van der Waals surface area (Å²) in [5.74, 6) is 0.545. The second-order valence-electron chi connectivity index (χ2n) is 9.19. The first-order valence-electron chi connectivity index (χ1n) is 9.87. The molecule has 1 N–H and O–H groups in total. The maximum absolute atomic E-state index is 11.4. The average Bonchev–Trinajstić information content (AvgIpc) is 2.66. The first-order valence-corrected chi connectivity index (χ1v) is 10.7. The molecule has 0 saturated carbocycles. The van der Waals surface area contributed by atoms with Crippen molar-refractivity contribution in [1.29, 1.82) is 0 Å². The molecule has 1 aliphatic carbocycles. The summed E-state index contributed by atoms with van der Waals surface area (Å²) in [5, 5.41) is 10.9. The van der Waals surface area contributed by atoms with Crippen molar-refractivity contribution in [1.82, 2.24) is 0 Å². The minimum atomic E-state index is -0.924. The molecule has 0 fully saturated rings. The molecule has 0 bridgehead atoms. The van der Waals surface area contributed by atoms with Crippen LogP contribution in [0.2, 0.25) is 0 Å². The quantitative estimate of drug-likeness (QED) is 0.448. The molecule has 0 aliphatic heterocycles. The molecule has 29 heavy (non-hydrogen) atoms. The van der Waals surface area contributed by atoms with Gasteiger partial charge in [0, 0.05) is 0 Å². The molecule has 3 aromatic carbocycles. The van der Waals surface area contributed by atoms with Crippen molar-refractivity contribution in [3.05, 3.63) is 69.7 Å². The van der Waals surface area contributed by atoms with Crippen LogP contribution in [0.1, 0.15) is 62.0 Å². The van der Waals surface area contributed by atoms with Crippen LogP contribution < -0.4 is 4.74 Å². The maximum Gasteiger partial charge on any atom is 0.336 e. The number of hydrogen-bond donors (Lipinski definition) is 1. The van der Waals surface area contributed by atoms with Gasteiger partial charge in [-0.1, -0.05) is 39.8 Å². The van der Waals surface area contributed by atoms with E-state index in [-0.39, 0.29) is 10.8 Å². The average molecular weight is 453 g/mol. The van der Waals surface area contributed by atoms with Gasteiger partial charge in [0.2, 0.25) is 0 Å². The smallest absolute Gasteiger partial charge is 0.336 e. The van der Waals surface area contributed by atoms with Gasteiger partial charge < -0.3 is 9.84 Å². The van der Waals surface area contributed by atoms with Crippen LogP contribution in [0.3, 0.4) is 0 Å². The van der Waals surface area contributed by atoms with Crippen LogP contribution in [-0.2, 0) is 10.8 Å². The van der Waals surface area contributed by atoms with Gasteiger partial charge in [0.15, 0.2) is 0 Å². The fourth-order valence-electron chi connectivity index (χ4n) is 4.28. The van der Waals surface area contributed by atoms with Gasteiger partial charge in [0.1, 0.15) is 11.5 Å². The number of ether oxygens (including phenoxy) is 1. The third-order valence-electron chi connectivity index (χ3n) is 6.22. The number of carbonyl (C=O) groups is 1. The maximum atomic E-state index is 11.4. The van der Waals surface area contributed by atoms with Crippen LogP contribution >= 0.6 is 15.9 Å². The molecule has 4 heteroatoms. The third-order valence-corrected chi connectivity index (χ3v) is 6.84. The van der Waals surface area contributed by atoms with Crippen LogP contribution in [0.4, 0.5) is 0 Å². The van der Waals surface area contributed by atoms with Gasteiger partial charge in [-0.25, -0.2) is 4.79 Å². The van der Waals surface area contributed by atoms with E-state index < -0.39 is 5.97 Å². The molecule has 1 aliphatic rings. The predicted molar refractivity (Wildman–Crippen MR) is 120 cm³/mol. The Labute approximate surface area is 179 Å². The highest BCUT2D eigenvalue weighted by molar-refractivity contribution is 9.10. The van der Waals surface area contributed by atoms with E-state index in [9.17, 15) is 9.90 Å². The first-order chi connectivity index (χ1) is 13.6. The normalized spacial score (nSPS) is 17.0. The summed E-state index contributed by atoms with van der Waals surface area (Å²) < 4.78 is 7.18. The second kappa shape index (κ2) is 6.88. The van der Waals surface area contributed by atoms with Crippen LogP contribution in [0.5, 0.6) is 11.5 Å². The third kappa shape index (κ3) is 3.55. The lowest BCUT2D eigenvalue weighted by atomic mass is 9.63. The predicted octanol–water partition coefficient (Wildman–Crippen LogP) is 7.44. The van der Waals surface area contributed by atoms with Crippen molar-refractivity contribution < 1.29 is 14.6 Å². The van der Waals surface area contributed by atoms with E-state index in [4.69, 9.17) is 4.74 Å². The number of fused-ring (bicyclic) bond motifs is 2. The van der Waals surface area contributed by atoms with Gasteiger partial charge in [-0.2, -0.15) is 0 Å². The van der Waals surface area contributed by atoms with Gasteiger partial charge in [0.25, 0.3) is 0 Å². The Kier molecular flexibility index (Phi) is 4.73. The van der Waals surface area contributed by atoms with Crippen LogP contribution in [0.15, 0.2) is 53.0 Å². The molecule has 150 valence electrons. The Bertz CT molecular complexity index is 1130. The Morgan fingerprint density at radius 3 is 2.28 bits per heavy atom. The molecular formula is C25H25BrO3. The number of carboxylic acid groups (broad SMARTS) is 1. The van der Waals surface area contributed by atoms with Crippen molar-refractivity contribution >= 4 is 32.7 Å². The summed E-state index contributed by atoms with van der Waals surface area (Å²) >= 11 is 3.70. The lowest BCUT2D eigenvalue weighted by molar-refractivity contribution is 0.0699. The molecule has 3 nitrogen and oxygen atoms in total. The highest BCUT2D eigenvalue weighted by Crippen LogP contribution is 2.49. The molecule has 3 aromatic rings. The number of aromatic carboxylic acids is 1. The minimum Gasteiger partial charge on any atom is -0.478 e. The standard InChI is InChI=1S/C25H25BrO3/c1-24(2)10-11-25(3,4)20-14-22(21(26)13-19(20)24)29-16-8-9-17-15(12-16)6-5-7-18(17)23(27)28/h5-9,12-14H,10-11H2,1-4H3,(H,27,28). The van der Waals surface area contributed by atoms with Crippen molar-refractivity contribution in [3.8, 4) is 11.5 Å². The van der Waals surface area contributed by atoms with E-state index in [1.54, 1.807) is 12.1 Å². The number of hydrogen-bond acceptors (Lipinski definition) is 2. The molecule has 0 heterocycles.